The van der Waals surface area contributed by atoms with Gasteiger partial charge in [0.15, 0.2) is 5.82 Å². The van der Waals surface area contributed by atoms with Crippen molar-refractivity contribution >= 4 is 5.91 Å². The van der Waals surface area contributed by atoms with Crippen molar-refractivity contribution in [2.24, 2.45) is 5.92 Å². The second-order valence-corrected chi connectivity index (χ2v) is 7.30. The minimum Gasteiger partial charge on any atom is -0.338 e. The second kappa shape index (κ2) is 6.99. The van der Waals surface area contributed by atoms with Gasteiger partial charge in [0, 0.05) is 32.0 Å². The molecule has 0 aromatic carbocycles. The molecule has 2 aliphatic heterocycles. The third-order valence-corrected chi connectivity index (χ3v) is 5.00. The number of rotatable bonds is 5. The van der Waals surface area contributed by atoms with Gasteiger partial charge in [0.25, 0.3) is 0 Å². The quantitative estimate of drug-likeness (QED) is 0.832. The van der Waals surface area contributed by atoms with Crippen LogP contribution in [-0.4, -0.2) is 51.0 Å². The summed E-state index contributed by atoms with van der Waals surface area (Å²) in [5.41, 5.74) is 0. The molecule has 2 saturated heterocycles. The SMILES string of the molecule is CC(=O)N1CCC[C@H]1[C@@H]1CCCN1Cc1nc(CC(C)C)no1. The number of likely N-dealkylation sites (tertiary alicyclic amines) is 2. The lowest BCUT2D eigenvalue weighted by molar-refractivity contribution is -0.130. The fourth-order valence-electron chi connectivity index (χ4n) is 4.04. The van der Waals surface area contributed by atoms with Crippen molar-refractivity contribution in [3.63, 3.8) is 0 Å². The molecule has 0 N–H and O–H groups in total. The van der Waals surface area contributed by atoms with Gasteiger partial charge in [0.1, 0.15) is 0 Å². The van der Waals surface area contributed by atoms with E-state index in [9.17, 15) is 4.79 Å². The van der Waals surface area contributed by atoms with Crippen molar-refractivity contribution < 1.29 is 9.32 Å². The van der Waals surface area contributed by atoms with Gasteiger partial charge in [-0.05, 0) is 38.1 Å². The van der Waals surface area contributed by atoms with E-state index in [4.69, 9.17) is 4.52 Å². The van der Waals surface area contributed by atoms with Gasteiger partial charge >= 0.3 is 0 Å². The highest BCUT2D eigenvalue weighted by atomic mass is 16.5. The van der Waals surface area contributed by atoms with Crippen LogP contribution in [0.1, 0.15) is 58.2 Å². The van der Waals surface area contributed by atoms with Crippen molar-refractivity contribution in [2.75, 3.05) is 13.1 Å². The first-order valence-corrected chi connectivity index (χ1v) is 8.87. The van der Waals surface area contributed by atoms with E-state index in [1.165, 1.54) is 6.42 Å². The van der Waals surface area contributed by atoms with Crippen LogP contribution in [0.15, 0.2) is 4.52 Å². The molecule has 0 saturated carbocycles. The maximum Gasteiger partial charge on any atom is 0.240 e. The summed E-state index contributed by atoms with van der Waals surface area (Å²) in [5, 5.41) is 4.09. The minimum atomic E-state index is 0.205. The zero-order valence-electron chi connectivity index (χ0n) is 14.5. The molecule has 0 bridgehead atoms. The molecular formula is C17H28N4O2. The first kappa shape index (κ1) is 16.4. The molecular weight excluding hydrogens is 292 g/mol. The van der Waals surface area contributed by atoms with Crippen molar-refractivity contribution in [2.45, 2.75) is 71.5 Å². The molecule has 1 amide bonds. The molecule has 1 aromatic rings. The van der Waals surface area contributed by atoms with E-state index in [1.54, 1.807) is 6.92 Å². The molecule has 6 heteroatoms. The summed E-state index contributed by atoms with van der Waals surface area (Å²) in [7, 11) is 0. The average Bonchev–Trinajstić information content (AvgIpc) is 3.18. The Morgan fingerprint density at radius 3 is 2.74 bits per heavy atom. The predicted octanol–water partition coefficient (Wildman–Crippen LogP) is 2.24. The van der Waals surface area contributed by atoms with Gasteiger partial charge in [0.2, 0.25) is 11.8 Å². The lowest BCUT2D eigenvalue weighted by Crippen LogP contribution is -2.47. The normalized spacial score (nSPS) is 25.7. The van der Waals surface area contributed by atoms with Gasteiger partial charge < -0.3 is 9.42 Å². The Morgan fingerprint density at radius 2 is 2.00 bits per heavy atom. The second-order valence-electron chi connectivity index (χ2n) is 7.30. The summed E-state index contributed by atoms with van der Waals surface area (Å²) in [5.74, 6) is 2.25. The third-order valence-electron chi connectivity index (χ3n) is 5.00. The number of aromatic nitrogens is 2. The maximum absolute atomic E-state index is 11.9. The number of hydrogen-bond acceptors (Lipinski definition) is 5. The van der Waals surface area contributed by atoms with Crippen molar-refractivity contribution in [3.8, 4) is 0 Å². The Balaban J connectivity index is 1.65. The average molecular weight is 320 g/mol. The van der Waals surface area contributed by atoms with E-state index in [-0.39, 0.29) is 5.91 Å². The number of amides is 1. The molecule has 2 aliphatic rings. The lowest BCUT2D eigenvalue weighted by Gasteiger charge is -2.33. The van der Waals surface area contributed by atoms with E-state index in [0.29, 0.717) is 30.4 Å². The Morgan fingerprint density at radius 1 is 1.26 bits per heavy atom. The molecule has 3 rings (SSSR count). The highest BCUT2D eigenvalue weighted by Crippen LogP contribution is 2.30. The zero-order valence-corrected chi connectivity index (χ0v) is 14.5. The highest BCUT2D eigenvalue weighted by molar-refractivity contribution is 5.74. The van der Waals surface area contributed by atoms with E-state index in [2.05, 4.69) is 33.8 Å². The largest absolute Gasteiger partial charge is 0.338 e. The maximum atomic E-state index is 11.9. The molecule has 2 fully saturated rings. The number of nitrogens with zero attached hydrogens (tertiary/aromatic N) is 4. The summed E-state index contributed by atoms with van der Waals surface area (Å²) in [6.45, 7) is 8.66. The van der Waals surface area contributed by atoms with Crippen molar-refractivity contribution in [1.82, 2.24) is 19.9 Å². The van der Waals surface area contributed by atoms with Gasteiger partial charge in [-0.15, -0.1) is 0 Å². The predicted molar refractivity (Wildman–Crippen MR) is 86.7 cm³/mol. The van der Waals surface area contributed by atoms with Crippen molar-refractivity contribution in [1.29, 1.82) is 0 Å². The van der Waals surface area contributed by atoms with E-state index in [0.717, 1.165) is 44.6 Å². The van der Waals surface area contributed by atoms with E-state index in [1.807, 2.05) is 0 Å². The molecule has 6 nitrogen and oxygen atoms in total. The van der Waals surface area contributed by atoms with Crippen LogP contribution in [0.3, 0.4) is 0 Å². The summed E-state index contributed by atoms with van der Waals surface area (Å²) in [4.78, 5) is 20.9. The highest BCUT2D eigenvalue weighted by Gasteiger charge is 2.39. The van der Waals surface area contributed by atoms with Gasteiger partial charge in [-0.2, -0.15) is 4.98 Å². The third kappa shape index (κ3) is 3.74. The van der Waals surface area contributed by atoms with Crippen molar-refractivity contribution in [3.05, 3.63) is 11.7 Å². The zero-order chi connectivity index (χ0) is 16.4. The molecule has 0 aliphatic carbocycles. The molecule has 128 valence electrons. The first-order chi connectivity index (χ1) is 11.0. The number of carbonyl (C=O) groups is 1. The van der Waals surface area contributed by atoms with Gasteiger partial charge in [0.05, 0.1) is 6.54 Å². The van der Waals surface area contributed by atoms with Crippen LogP contribution in [0.5, 0.6) is 0 Å². The Kier molecular flexibility index (Phi) is 4.99. The molecule has 1 aromatic heterocycles. The summed E-state index contributed by atoms with van der Waals surface area (Å²) in [6, 6.07) is 0.787. The number of hydrogen-bond donors (Lipinski definition) is 0. The van der Waals surface area contributed by atoms with Crippen LogP contribution in [0.25, 0.3) is 0 Å². The standard InChI is InChI=1S/C17H28N4O2/c1-12(2)10-16-18-17(23-19-16)11-20-8-4-6-14(20)15-7-5-9-21(15)13(3)22/h12,14-15H,4-11H2,1-3H3/t14-,15-/m0/s1. The fourth-order valence-corrected chi connectivity index (χ4v) is 4.04. The molecule has 0 unspecified atom stereocenters. The van der Waals surface area contributed by atoms with Crippen LogP contribution >= 0.6 is 0 Å². The van der Waals surface area contributed by atoms with E-state index >= 15 is 0 Å². The first-order valence-electron chi connectivity index (χ1n) is 8.87. The molecule has 0 spiro atoms. The van der Waals surface area contributed by atoms with Gasteiger partial charge in [-0.25, -0.2) is 0 Å². The summed E-state index contributed by atoms with van der Waals surface area (Å²) >= 11 is 0. The smallest absolute Gasteiger partial charge is 0.240 e. The molecule has 0 radical (unpaired) electrons. The van der Waals surface area contributed by atoms with Crippen LogP contribution in [0.4, 0.5) is 0 Å². The monoisotopic (exact) mass is 320 g/mol. The summed E-state index contributed by atoms with van der Waals surface area (Å²) in [6.07, 6.45) is 5.42. The van der Waals surface area contributed by atoms with Crippen LogP contribution in [0.2, 0.25) is 0 Å². The van der Waals surface area contributed by atoms with E-state index < -0.39 is 0 Å². The Labute approximate surface area is 138 Å². The summed E-state index contributed by atoms with van der Waals surface area (Å²) < 4.78 is 5.43. The lowest BCUT2D eigenvalue weighted by atomic mass is 10.0. The van der Waals surface area contributed by atoms with Gasteiger partial charge in [-0.1, -0.05) is 19.0 Å². The number of carbonyl (C=O) groups excluding carboxylic acids is 1. The fraction of sp³-hybridized carbons (Fsp3) is 0.824. The molecule has 3 heterocycles. The molecule has 23 heavy (non-hydrogen) atoms. The Hall–Kier alpha value is -1.43. The molecule has 2 atom stereocenters. The Bertz CT molecular complexity index is 542. The van der Waals surface area contributed by atoms with Crippen LogP contribution < -0.4 is 0 Å². The van der Waals surface area contributed by atoms with Crippen LogP contribution in [0, 0.1) is 5.92 Å². The topological polar surface area (TPSA) is 62.5 Å². The minimum absolute atomic E-state index is 0.205. The van der Waals surface area contributed by atoms with Gasteiger partial charge in [-0.3, -0.25) is 9.69 Å². The van der Waals surface area contributed by atoms with Crippen LogP contribution in [-0.2, 0) is 17.8 Å².